The quantitative estimate of drug-likeness (QED) is 0.763. The highest BCUT2D eigenvalue weighted by atomic mass is 16.1. The van der Waals surface area contributed by atoms with Gasteiger partial charge in [0.05, 0.1) is 0 Å². The Labute approximate surface area is 108 Å². The molecule has 1 saturated heterocycles. The number of Topliss-reactive ketones (excluding diaryl/α,β-unsaturated/α-hetero) is 2. The van der Waals surface area contributed by atoms with Gasteiger partial charge in [0, 0.05) is 44.0 Å². The summed E-state index contributed by atoms with van der Waals surface area (Å²) < 4.78 is 0. The molecule has 18 heavy (non-hydrogen) atoms. The van der Waals surface area contributed by atoms with Gasteiger partial charge in [-0.2, -0.15) is 0 Å². The average molecular weight is 245 g/mol. The van der Waals surface area contributed by atoms with E-state index in [0.717, 1.165) is 25.2 Å². The van der Waals surface area contributed by atoms with E-state index in [1.165, 1.54) is 0 Å². The van der Waals surface area contributed by atoms with Gasteiger partial charge in [-0.05, 0) is 0 Å². The molecule has 2 rings (SSSR count). The summed E-state index contributed by atoms with van der Waals surface area (Å²) in [5.74, 6) is 0.645. The molecule has 96 valence electrons. The van der Waals surface area contributed by atoms with Crippen LogP contribution in [-0.2, 0) is 4.79 Å². The third-order valence-corrected chi connectivity index (χ3v) is 3.51. The van der Waals surface area contributed by atoms with Crippen molar-refractivity contribution >= 4 is 11.6 Å². The van der Waals surface area contributed by atoms with Gasteiger partial charge in [-0.3, -0.25) is 9.59 Å². The highest BCUT2D eigenvalue weighted by Gasteiger charge is 2.23. The monoisotopic (exact) mass is 245 g/mol. The maximum atomic E-state index is 11.9. The van der Waals surface area contributed by atoms with Crippen molar-refractivity contribution < 1.29 is 9.59 Å². The van der Waals surface area contributed by atoms with Crippen molar-refractivity contribution in [3.05, 3.63) is 35.9 Å². The molecule has 1 aliphatic heterocycles. The summed E-state index contributed by atoms with van der Waals surface area (Å²) in [6, 6.07) is 9.38. The van der Waals surface area contributed by atoms with Crippen LogP contribution < -0.4 is 0 Å². The predicted octanol–water partition coefficient (Wildman–Crippen LogP) is 2.17. The average Bonchev–Trinajstić information content (AvgIpc) is 2.41. The van der Waals surface area contributed by atoms with Crippen molar-refractivity contribution in [1.29, 1.82) is 0 Å². The summed E-state index contributed by atoms with van der Waals surface area (Å²) in [6.45, 7) is 4.31. The van der Waals surface area contributed by atoms with Gasteiger partial charge in [0.2, 0.25) is 0 Å². The second kappa shape index (κ2) is 5.91. The van der Waals surface area contributed by atoms with Gasteiger partial charge in [0.15, 0.2) is 5.78 Å². The van der Waals surface area contributed by atoms with Gasteiger partial charge in [0.25, 0.3) is 0 Å². The van der Waals surface area contributed by atoms with Crippen LogP contribution in [0.2, 0.25) is 0 Å². The lowest BCUT2D eigenvalue weighted by molar-refractivity contribution is -0.125. The molecule has 1 fully saturated rings. The highest BCUT2D eigenvalue weighted by Crippen LogP contribution is 2.13. The summed E-state index contributed by atoms with van der Waals surface area (Å²) in [5, 5.41) is 0. The first-order valence-electron chi connectivity index (χ1n) is 6.50. The molecule has 0 saturated carbocycles. The standard InChI is InChI=1S/C15H19NO2/c1-12-11-16(9-7-14(12)17)10-8-15(18)13-5-3-2-4-6-13/h2-6,12H,7-11H2,1H3. The molecule has 0 aliphatic carbocycles. The van der Waals surface area contributed by atoms with Crippen molar-refractivity contribution in [1.82, 2.24) is 4.90 Å². The molecule has 0 bridgehead atoms. The second-order valence-electron chi connectivity index (χ2n) is 4.96. The molecule has 1 atom stereocenters. The van der Waals surface area contributed by atoms with Crippen LogP contribution >= 0.6 is 0 Å². The number of carbonyl (C=O) groups is 2. The first kappa shape index (κ1) is 13.0. The summed E-state index contributed by atoms with van der Waals surface area (Å²) in [7, 11) is 0. The lowest BCUT2D eigenvalue weighted by atomic mass is 9.98. The highest BCUT2D eigenvalue weighted by molar-refractivity contribution is 5.96. The lowest BCUT2D eigenvalue weighted by Crippen LogP contribution is -2.40. The second-order valence-corrected chi connectivity index (χ2v) is 4.96. The van der Waals surface area contributed by atoms with Gasteiger partial charge in [-0.25, -0.2) is 0 Å². The summed E-state index contributed by atoms with van der Waals surface area (Å²) in [4.78, 5) is 25.6. The molecule has 1 aromatic rings. The van der Waals surface area contributed by atoms with E-state index in [4.69, 9.17) is 0 Å². The number of hydrogen-bond acceptors (Lipinski definition) is 3. The van der Waals surface area contributed by atoms with E-state index in [9.17, 15) is 9.59 Å². The van der Waals surface area contributed by atoms with E-state index in [2.05, 4.69) is 4.90 Å². The fraction of sp³-hybridized carbons (Fsp3) is 0.467. The molecule has 3 heteroatoms. The zero-order chi connectivity index (χ0) is 13.0. The summed E-state index contributed by atoms with van der Waals surface area (Å²) >= 11 is 0. The zero-order valence-electron chi connectivity index (χ0n) is 10.8. The molecule has 3 nitrogen and oxygen atoms in total. The third-order valence-electron chi connectivity index (χ3n) is 3.51. The van der Waals surface area contributed by atoms with Crippen LogP contribution in [0.1, 0.15) is 30.1 Å². The van der Waals surface area contributed by atoms with Crippen LogP contribution in [0.25, 0.3) is 0 Å². The van der Waals surface area contributed by atoms with Crippen LogP contribution in [-0.4, -0.2) is 36.1 Å². The number of nitrogens with zero attached hydrogens (tertiary/aromatic N) is 1. The van der Waals surface area contributed by atoms with E-state index in [0.29, 0.717) is 18.6 Å². The Morgan fingerprint density at radius 2 is 2.06 bits per heavy atom. The van der Waals surface area contributed by atoms with Gasteiger partial charge in [-0.15, -0.1) is 0 Å². The Hall–Kier alpha value is -1.48. The Balaban J connectivity index is 1.82. The minimum absolute atomic E-state index is 0.116. The van der Waals surface area contributed by atoms with Crippen LogP contribution in [0, 0.1) is 5.92 Å². The van der Waals surface area contributed by atoms with Gasteiger partial charge in [0.1, 0.15) is 5.78 Å². The third kappa shape index (κ3) is 3.26. The van der Waals surface area contributed by atoms with Crippen LogP contribution in [0.5, 0.6) is 0 Å². The number of rotatable bonds is 4. The first-order chi connectivity index (χ1) is 8.66. The number of carbonyl (C=O) groups excluding carboxylic acids is 2. The van der Waals surface area contributed by atoms with Gasteiger partial charge < -0.3 is 4.90 Å². The predicted molar refractivity (Wildman–Crippen MR) is 70.6 cm³/mol. The van der Waals surface area contributed by atoms with E-state index in [1.807, 2.05) is 37.3 Å². The van der Waals surface area contributed by atoms with Crippen LogP contribution in [0.4, 0.5) is 0 Å². The first-order valence-corrected chi connectivity index (χ1v) is 6.50. The topological polar surface area (TPSA) is 37.4 Å². The molecule has 1 unspecified atom stereocenters. The smallest absolute Gasteiger partial charge is 0.164 e. The van der Waals surface area contributed by atoms with E-state index in [1.54, 1.807) is 0 Å². The van der Waals surface area contributed by atoms with Crippen LogP contribution in [0.15, 0.2) is 30.3 Å². The minimum atomic E-state index is 0.116. The Kier molecular flexibility index (Phi) is 4.26. The van der Waals surface area contributed by atoms with Gasteiger partial charge in [-0.1, -0.05) is 37.3 Å². The number of likely N-dealkylation sites (tertiary alicyclic amines) is 1. The van der Waals surface area contributed by atoms with Crippen molar-refractivity contribution in [3.63, 3.8) is 0 Å². The summed E-state index contributed by atoms with van der Waals surface area (Å²) in [5.41, 5.74) is 0.777. The number of hydrogen-bond donors (Lipinski definition) is 0. The molecule has 0 N–H and O–H groups in total. The molecule has 1 heterocycles. The molecule has 0 radical (unpaired) electrons. The van der Waals surface area contributed by atoms with Crippen molar-refractivity contribution in [3.8, 4) is 0 Å². The molecule has 1 aliphatic rings. The van der Waals surface area contributed by atoms with Crippen molar-refractivity contribution in [2.24, 2.45) is 5.92 Å². The lowest BCUT2D eigenvalue weighted by Gasteiger charge is -2.29. The van der Waals surface area contributed by atoms with Crippen molar-refractivity contribution in [2.75, 3.05) is 19.6 Å². The van der Waals surface area contributed by atoms with E-state index >= 15 is 0 Å². The fourth-order valence-electron chi connectivity index (χ4n) is 2.33. The normalized spacial score (nSPS) is 20.9. The van der Waals surface area contributed by atoms with Crippen molar-refractivity contribution in [2.45, 2.75) is 19.8 Å². The van der Waals surface area contributed by atoms with Crippen LogP contribution in [0.3, 0.4) is 0 Å². The molecular formula is C15H19NO2. The molecule has 0 amide bonds. The SMILES string of the molecule is CC1CN(CCC(=O)c2ccccc2)CCC1=O. The zero-order valence-corrected chi connectivity index (χ0v) is 10.8. The van der Waals surface area contributed by atoms with E-state index < -0.39 is 0 Å². The fourth-order valence-corrected chi connectivity index (χ4v) is 2.33. The number of ketones is 2. The maximum Gasteiger partial charge on any atom is 0.164 e. The van der Waals surface area contributed by atoms with E-state index in [-0.39, 0.29) is 11.7 Å². The number of piperidine rings is 1. The largest absolute Gasteiger partial charge is 0.302 e. The molecule has 0 spiro atoms. The number of benzene rings is 1. The Morgan fingerprint density at radius 1 is 1.33 bits per heavy atom. The molecular weight excluding hydrogens is 226 g/mol. The minimum Gasteiger partial charge on any atom is -0.302 e. The maximum absolute atomic E-state index is 11.9. The Bertz CT molecular complexity index is 427. The summed E-state index contributed by atoms with van der Waals surface area (Å²) in [6.07, 6.45) is 1.16. The molecule has 0 aromatic heterocycles. The molecule has 1 aromatic carbocycles. The Morgan fingerprint density at radius 3 is 2.72 bits per heavy atom. The van der Waals surface area contributed by atoms with Gasteiger partial charge >= 0.3 is 0 Å².